The molecule has 9 nitrogen and oxygen atoms in total. The van der Waals surface area contributed by atoms with Crippen molar-refractivity contribution in [2.75, 3.05) is 21.3 Å². The largest absolute Gasteiger partial charge is 0.497 e. The number of rotatable bonds is 9. The van der Waals surface area contributed by atoms with Gasteiger partial charge in [-0.15, -0.1) is 0 Å². The quantitative estimate of drug-likeness (QED) is 0.349. The summed E-state index contributed by atoms with van der Waals surface area (Å²) in [5, 5.41) is 11.3. The van der Waals surface area contributed by atoms with Crippen LogP contribution in [0.3, 0.4) is 0 Å². The fraction of sp³-hybridized carbons (Fsp3) is 0.278. The molecule has 0 amide bonds. The van der Waals surface area contributed by atoms with Gasteiger partial charge >= 0.3 is 12.6 Å². The van der Waals surface area contributed by atoms with E-state index < -0.39 is 35.5 Å². The number of carbonyl (C=O) groups is 1. The molecule has 0 N–H and O–H groups in total. The maximum absolute atomic E-state index is 12.5. The van der Waals surface area contributed by atoms with E-state index in [0.717, 1.165) is 12.1 Å². The molecule has 0 saturated carbocycles. The lowest BCUT2D eigenvalue weighted by atomic mass is 10.1. The zero-order valence-corrected chi connectivity index (χ0v) is 15.6. The molecule has 0 saturated heterocycles. The number of nitro benzene ring substituents is 1. The van der Waals surface area contributed by atoms with Gasteiger partial charge in [-0.1, -0.05) is 0 Å². The molecule has 0 fully saturated rings. The van der Waals surface area contributed by atoms with Gasteiger partial charge in [0, 0.05) is 6.07 Å². The second kappa shape index (κ2) is 9.53. The van der Waals surface area contributed by atoms with E-state index in [1.807, 2.05) is 0 Å². The second-order valence-electron chi connectivity index (χ2n) is 5.44. The summed E-state index contributed by atoms with van der Waals surface area (Å²) in [5.41, 5.74) is -0.553. The van der Waals surface area contributed by atoms with Crippen molar-refractivity contribution in [3.05, 3.63) is 51.6 Å². The van der Waals surface area contributed by atoms with E-state index in [-0.39, 0.29) is 16.9 Å². The normalized spacial score (nSPS) is 10.4. The van der Waals surface area contributed by atoms with Crippen molar-refractivity contribution in [3.63, 3.8) is 0 Å². The Labute approximate surface area is 163 Å². The zero-order valence-electron chi connectivity index (χ0n) is 15.6. The van der Waals surface area contributed by atoms with Crippen LogP contribution in [-0.4, -0.2) is 38.8 Å². The van der Waals surface area contributed by atoms with Crippen LogP contribution in [0.5, 0.6) is 23.0 Å². The van der Waals surface area contributed by atoms with Crippen molar-refractivity contribution in [3.8, 4) is 23.0 Å². The molecular formula is C18H17F2NO8. The molecule has 0 atom stereocenters. The summed E-state index contributed by atoms with van der Waals surface area (Å²) in [5.74, 6) is -0.801. The van der Waals surface area contributed by atoms with E-state index >= 15 is 0 Å². The first-order chi connectivity index (χ1) is 13.8. The third kappa shape index (κ3) is 5.43. The van der Waals surface area contributed by atoms with Crippen molar-refractivity contribution in [2.24, 2.45) is 0 Å². The Bertz CT molecular complexity index is 881. The van der Waals surface area contributed by atoms with Crippen LogP contribution in [0.15, 0.2) is 30.3 Å². The van der Waals surface area contributed by atoms with Crippen LogP contribution in [0, 0.1) is 10.1 Å². The van der Waals surface area contributed by atoms with Crippen molar-refractivity contribution in [1.82, 2.24) is 0 Å². The molecule has 156 valence electrons. The van der Waals surface area contributed by atoms with Crippen molar-refractivity contribution >= 4 is 11.7 Å². The lowest BCUT2D eigenvalue weighted by Gasteiger charge is -2.13. The molecule has 0 aliphatic carbocycles. The SMILES string of the molecule is COc1cc(OC)cc(C(=O)OCc2cc(OC)c(OC(F)F)cc2[N+](=O)[O-])c1. The lowest BCUT2D eigenvalue weighted by molar-refractivity contribution is -0.386. The van der Waals surface area contributed by atoms with E-state index in [1.165, 1.54) is 33.5 Å². The number of methoxy groups -OCH3 is 3. The summed E-state index contributed by atoms with van der Waals surface area (Å²) in [7, 11) is 3.99. The van der Waals surface area contributed by atoms with Crippen molar-refractivity contribution in [1.29, 1.82) is 0 Å². The van der Waals surface area contributed by atoms with Crippen LogP contribution in [-0.2, 0) is 11.3 Å². The number of nitro groups is 1. The molecular weight excluding hydrogens is 396 g/mol. The minimum atomic E-state index is -3.20. The number of carbonyl (C=O) groups excluding carboxylic acids is 1. The maximum atomic E-state index is 12.5. The number of alkyl halides is 2. The Morgan fingerprint density at radius 2 is 1.62 bits per heavy atom. The van der Waals surface area contributed by atoms with Crippen LogP contribution in [0.25, 0.3) is 0 Å². The van der Waals surface area contributed by atoms with E-state index in [2.05, 4.69) is 4.74 Å². The highest BCUT2D eigenvalue weighted by Gasteiger charge is 2.23. The van der Waals surface area contributed by atoms with Crippen LogP contribution < -0.4 is 18.9 Å². The molecule has 2 rings (SSSR count). The Hall–Kier alpha value is -3.63. The monoisotopic (exact) mass is 413 g/mol. The first-order valence-corrected chi connectivity index (χ1v) is 7.99. The number of benzene rings is 2. The standard InChI is InChI=1S/C18H17F2NO8/c1-25-12-4-10(5-13(7-12)26-2)17(22)28-9-11-6-15(27-3)16(29-18(19)20)8-14(11)21(23)24/h4-8,18H,9H2,1-3H3. The average Bonchev–Trinajstić information content (AvgIpc) is 2.71. The van der Waals surface area contributed by atoms with Crippen LogP contribution in [0.2, 0.25) is 0 Å². The molecule has 0 spiro atoms. The highest BCUT2D eigenvalue weighted by atomic mass is 19.3. The van der Waals surface area contributed by atoms with E-state index in [1.54, 1.807) is 6.07 Å². The van der Waals surface area contributed by atoms with Gasteiger partial charge in [0.15, 0.2) is 11.5 Å². The van der Waals surface area contributed by atoms with E-state index in [9.17, 15) is 23.7 Å². The molecule has 0 radical (unpaired) electrons. The first-order valence-electron chi connectivity index (χ1n) is 7.99. The van der Waals surface area contributed by atoms with Crippen LogP contribution >= 0.6 is 0 Å². The Morgan fingerprint density at radius 1 is 1.00 bits per heavy atom. The van der Waals surface area contributed by atoms with Crippen LogP contribution in [0.4, 0.5) is 14.5 Å². The third-order valence-electron chi connectivity index (χ3n) is 3.72. The minimum Gasteiger partial charge on any atom is -0.497 e. The number of ether oxygens (including phenoxy) is 5. The predicted octanol–water partition coefficient (Wildman–Crippen LogP) is 3.58. The average molecular weight is 413 g/mol. The van der Waals surface area contributed by atoms with Gasteiger partial charge in [-0.25, -0.2) is 4.79 Å². The number of halogens is 2. The highest BCUT2D eigenvalue weighted by Crippen LogP contribution is 2.36. The summed E-state index contributed by atoms with van der Waals surface area (Å²) in [6.07, 6.45) is 0. The molecule has 2 aromatic carbocycles. The fourth-order valence-corrected chi connectivity index (χ4v) is 2.38. The maximum Gasteiger partial charge on any atom is 0.387 e. The first kappa shape index (κ1) is 21.7. The Kier molecular flexibility index (Phi) is 7.12. The van der Waals surface area contributed by atoms with Gasteiger partial charge in [-0.2, -0.15) is 8.78 Å². The molecule has 0 aromatic heterocycles. The second-order valence-corrected chi connectivity index (χ2v) is 5.44. The number of nitrogens with zero attached hydrogens (tertiary/aromatic N) is 1. The predicted molar refractivity (Wildman–Crippen MR) is 94.9 cm³/mol. The summed E-state index contributed by atoms with van der Waals surface area (Å²) < 4.78 is 49.4. The third-order valence-corrected chi connectivity index (χ3v) is 3.72. The Balaban J connectivity index is 2.29. The van der Waals surface area contributed by atoms with Crippen molar-refractivity contribution < 1.29 is 42.2 Å². The van der Waals surface area contributed by atoms with E-state index in [4.69, 9.17) is 18.9 Å². The minimum absolute atomic E-state index is 0.0725. The Morgan fingerprint density at radius 3 is 2.10 bits per heavy atom. The molecule has 0 aliphatic heterocycles. The van der Waals surface area contributed by atoms with Gasteiger partial charge in [-0.05, 0) is 18.2 Å². The molecule has 11 heteroatoms. The number of hydrogen-bond donors (Lipinski definition) is 0. The molecule has 0 bridgehead atoms. The number of hydrogen-bond acceptors (Lipinski definition) is 8. The van der Waals surface area contributed by atoms with Gasteiger partial charge in [0.2, 0.25) is 0 Å². The topological polar surface area (TPSA) is 106 Å². The highest BCUT2D eigenvalue weighted by molar-refractivity contribution is 5.90. The van der Waals surface area contributed by atoms with Crippen molar-refractivity contribution in [2.45, 2.75) is 13.2 Å². The molecule has 0 aliphatic rings. The van der Waals surface area contributed by atoms with E-state index in [0.29, 0.717) is 11.5 Å². The van der Waals surface area contributed by atoms with Gasteiger partial charge in [0.1, 0.15) is 18.1 Å². The molecule has 29 heavy (non-hydrogen) atoms. The fourth-order valence-electron chi connectivity index (χ4n) is 2.38. The summed E-state index contributed by atoms with van der Waals surface area (Å²) >= 11 is 0. The van der Waals surface area contributed by atoms with Gasteiger partial charge in [0.05, 0.1) is 43.4 Å². The van der Waals surface area contributed by atoms with Gasteiger partial charge in [0.25, 0.3) is 5.69 Å². The number of esters is 1. The smallest absolute Gasteiger partial charge is 0.387 e. The molecule has 0 heterocycles. The summed E-state index contributed by atoms with van der Waals surface area (Å²) in [6, 6.07) is 6.23. The summed E-state index contributed by atoms with van der Waals surface area (Å²) in [4.78, 5) is 22.8. The van der Waals surface area contributed by atoms with Gasteiger partial charge in [-0.3, -0.25) is 10.1 Å². The molecule has 0 unspecified atom stereocenters. The zero-order chi connectivity index (χ0) is 21.6. The van der Waals surface area contributed by atoms with Gasteiger partial charge < -0.3 is 23.7 Å². The summed E-state index contributed by atoms with van der Waals surface area (Å²) in [6.45, 7) is -3.71. The van der Waals surface area contributed by atoms with Crippen LogP contribution in [0.1, 0.15) is 15.9 Å². The lowest BCUT2D eigenvalue weighted by Crippen LogP contribution is -2.09. The molecule has 2 aromatic rings.